The molecule has 0 radical (unpaired) electrons. The van der Waals surface area contributed by atoms with Crippen LogP contribution in [0.1, 0.15) is 18.4 Å². The van der Waals surface area contributed by atoms with Gasteiger partial charge in [-0.2, -0.15) is 8.42 Å². The lowest BCUT2D eigenvalue weighted by atomic mass is 10.2. The van der Waals surface area contributed by atoms with E-state index < -0.39 is 19.2 Å². The van der Waals surface area contributed by atoms with Crippen molar-refractivity contribution in [3.8, 4) is 0 Å². The summed E-state index contributed by atoms with van der Waals surface area (Å²) >= 11 is 0. The van der Waals surface area contributed by atoms with Crippen LogP contribution < -0.4 is 0 Å². The topological polar surface area (TPSA) is 52.6 Å². The predicted molar refractivity (Wildman–Crippen MR) is 80.8 cm³/mol. The Morgan fingerprint density at radius 2 is 1.85 bits per heavy atom. The minimum absolute atomic E-state index is 0.0677. The molecule has 0 saturated heterocycles. The first-order valence-corrected chi connectivity index (χ1v) is 11.2. The Labute approximate surface area is 123 Å². The molecule has 1 saturated carbocycles. The molecule has 0 spiro atoms. The van der Waals surface area contributed by atoms with Gasteiger partial charge in [-0.15, -0.1) is 0 Å². The van der Waals surface area contributed by atoms with E-state index in [2.05, 4.69) is 13.1 Å². The van der Waals surface area contributed by atoms with Crippen molar-refractivity contribution in [2.45, 2.75) is 43.9 Å². The van der Waals surface area contributed by atoms with Gasteiger partial charge in [0, 0.05) is 0 Å². The molecule has 1 unspecified atom stereocenters. The number of aryl methyl sites for hydroxylation is 1. The van der Waals surface area contributed by atoms with Crippen molar-refractivity contribution in [2.75, 3.05) is 6.61 Å². The van der Waals surface area contributed by atoms with Crippen LogP contribution >= 0.6 is 0 Å². The van der Waals surface area contributed by atoms with Gasteiger partial charge in [-0.25, -0.2) is 0 Å². The first-order chi connectivity index (χ1) is 9.38. The Balaban J connectivity index is 1.98. The van der Waals surface area contributed by atoms with Gasteiger partial charge in [-0.05, 0) is 50.9 Å². The van der Waals surface area contributed by atoms with E-state index in [9.17, 15) is 8.42 Å². The van der Waals surface area contributed by atoms with Crippen LogP contribution in [0.2, 0.25) is 13.1 Å². The van der Waals surface area contributed by atoms with Crippen molar-refractivity contribution in [3.63, 3.8) is 0 Å². The highest BCUT2D eigenvalue weighted by Gasteiger charge is 2.34. The van der Waals surface area contributed by atoms with E-state index in [1.807, 2.05) is 6.92 Å². The van der Waals surface area contributed by atoms with Gasteiger partial charge in [0.05, 0.1) is 17.6 Å². The van der Waals surface area contributed by atoms with Crippen molar-refractivity contribution in [3.05, 3.63) is 29.8 Å². The van der Waals surface area contributed by atoms with Gasteiger partial charge in [0.15, 0.2) is 9.04 Å². The molecule has 0 N–H and O–H groups in total. The quantitative estimate of drug-likeness (QED) is 0.573. The third-order valence-electron chi connectivity index (χ3n) is 3.29. The van der Waals surface area contributed by atoms with Crippen molar-refractivity contribution < 1.29 is 17.0 Å². The monoisotopic (exact) mass is 314 g/mol. The van der Waals surface area contributed by atoms with Crippen LogP contribution in [0.5, 0.6) is 0 Å². The summed E-state index contributed by atoms with van der Waals surface area (Å²) in [6.07, 6.45) is 2.15. The second kappa shape index (κ2) is 6.38. The van der Waals surface area contributed by atoms with Crippen LogP contribution in [0.3, 0.4) is 0 Å². The molecule has 112 valence electrons. The van der Waals surface area contributed by atoms with Crippen molar-refractivity contribution in [1.29, 1.82) is 0 Å². The zero-order valence-electron chi connectivity index (χ0n) is 12.2. The molecule has 0 aromatic heterocycles. The summed E-state index contributed by atoms with van der Waals surface area (Å²) in [5.41, 5.74) is 1.02. The van der Waals surface area contributed by atoms with Gasteiger partial charge < -0.3 is 4.43 Å². The van der Waals surface area contributed by atoms with E-state index in [1.165, 1.54) is 0 Å². The number of hydrogen-bond donors (Lipinski definition) is 0. The minimum atomic E-state index is -3.68. The second-order valence-corrected chi connectivity index (χ2v) is 9.60. The van der Waals surface area contributed by atoms with Crippen LogP contribution in [0.4, 0.5) is 0 Å². The maximum Gasteiger partial charge on any atom is 0.297 e. The summed E-state index contributed by atoms with van der Waals surface area (Å²) in [7, 11) is -4.86. The predicted octanol–water partition coefficient (Wildman–Crippen LogP) is 2.48. The van der Waals surface area contributed by atoms with Crippen LogP contribution in [0.25, 0.3) is 0 Å². The number of hydrogen-bond acceptors (Lipinski definition) is 4. The van der Waals surface area contributed by atoms with Gasteiger partial charge in [-0.1, -0.05) is 17.7 Å². The largest absolute Gasteiger partial charge is 0.415 e. The molecule has 0 amide bonds. The Morgan fingerprint density at radius 1 is 1.25 bits per heavy atom. The molecule has 1 aromatic rings. The normalized spacial score (nSPS) is 17.4. The van der Waals surface area contributed by atoms with Gasteiger partial charge in [0.1, 0.15) is 0 Å². The van der Waals surface area contributed by atoms with Crippen molar-refractivity contribution in [2.24, 2.45) is 5.92 Å². The van der Waals surface area contributed by atoms with Crippen molar-refractivity contribution >= 4 is 19.2 Å². The molecule has 6 heteroatoms. The van der Waals surface area contributed by atoms with Gasteiger partial charge >= 0.3 is 0 Å². The Morgan fingerprint density at radius 3 is 2.35 bits per heavy atom. The summed E-state index contributed by atoms with van der Waals surface area (Å²) in [6.45, 7) is 6.22. The molecule has 1 atom stereocenters. The summed E-state index contributed by atoms with van der Waals surface area (Å²) in [5, 5.41) is 0. The molecule has 0 bridgehead atoms. The average molecular weight is 314 g/mol. The number of benzene rings is 1. The highest BCUT2D eigenvalue weighted by molar-refractivity contribution is 7.86. The van der Waals surface area contributed by atoms with E-state index in [-0.39, 0.29) is 17.6 Å². The number of rotatable bonds is 7. The molecule has 0 aliphatic heterocycles. The minimum Gasteiger partial charge on any atom is -0.415 e. The van der Waals surface area contributed by atoms with E-state index in [0.29, 0.717) is 5.92 Å². The summed E-state index contributed by atoms with van der Waals surface area (Å²) in [6, 6.07) is 6.70. The zero-order valence-corrected chi connectivity index (χ0v) is 14.2. The van der Waals surface area contributed by atoms with Crippen LogP contribution in [0.15, 0.2) is 29.2 Å². The molecule has 20 heavy (non-hydrogen) atoms. The highest BCUT2D eigenvalue weighted by Crippen LogP contribution is 2.35. The molecule has 1 aromatic carbocycles. The second-order valence-electron chi connectivity index (χ2n) is 5.61. The molecular formula is C14H22O4SSi. The molecule has 0 heterocycles. The fourth-order valence-corrected chi connectivity index (χ4v) is 3.95. The summed E-state index contributed by atoms with van der Waals surface area (Å²) in [5.74, 6) is 0.470. The lowest BCUT2D eigenvalue weighted by Gasteiger charge is -2.19. The Hall–Kier alpha value is -0.693. The maximum atomic E-state index is 12.1. The molecule has 1 aliphatic carbocycles. The van der Waals surface area contributed by atoms with Gasteiger partial charge in [0.2, 0.25) is 0 Å². The Bertz CT molecular complexity index is 535. The van der Waals surface area contributed by atoms with E-state index in [4.69, 9.17) is 8.61 Å². The molecular weight excluding hydrogens is 292 g/mol. The fourth-order valence-electron chi connectivity index (χ4n) is 2.03. The SMILES string of the molecule is Cc1ccc(S(=O)(=O)OCC(O[SiH](C)C)C2CC2)cc1. The van der Waals surface area contributed by atoms with Crippen LogP contribution in [-0.2, 0) is 18.7 Å². The third-order valence-corrected chi connectivity index (χ3v) is 5.48. The smallest absolute Gasteiger partial charge is 0.297 e. The molecule has 4 nitrogen and oxygen atoms in total. The first-order valence-electron chi connectivity index (χ1n) is 7.00. The van der Waals surface area contributed by atoms with E-state index in [1.54, 1.807) is 24.3 Å². The average Bonchev–Trinajstić information content (AvgIpc) is 3.19. The van der Waals surface area contributed by atoms with Crippen LogP contribution in [-0.4, -0.2) is 30.2 Å². The highest BCUT2D eigenvalue weighted by atomic mass is 32.2. The molecule has 1 fully saturated rings. The molecule has 1 aliphatic rings. The lowest BCUT2D eigenvalue weighted by Crippen LogP contribution is -2.28. The van der Waals surface area contributed by atoms with E-state index >= 15 is 0 Å². The maximum absolute atomic E-state index is 12.1. The zero-order chi connectivity index (χ0) is 14.8. The van der Waals surface area contributed by atoms with Crippen LogP contribution in [0, 0.1) is 12.8 Å². The standard InChI is InChI=1S/C14H22O4SSi/c1-11-4-8-13(9-5-11)19(15,16)17-10-14(12-6-7-12)18-20(2)3/h4-5,8-9,12,14,20H,6-7,10H2,1-3H3. The lowest BCUT2D eigenvalue weighted by molar-refractivity contribution is 0.114. The van der Waals surface area contributed by atoms with Gasteiger partial charge in [-0.3, -0.25) is 4.18 Å². The Kier molecular flexibility index (Phi) is 5.01. The summed E-state index contributed by atoms with van der Waals surface area (Å²) in [4.78, 5) is 0.208. The summed E-state index contributed by atoms with van der Waals surface area (Å²) < 4.78 is 35.3. The third kappa shape index (κ3) is 4.41. The fraction of sp³-hybridized carbons (Fsp3) is 0.571. The van der Waals surface area contributed by atoms with Gasteiger partial charge in [0.25, 0.3) is 10.1 Å². The van der Waals surface area contributed by atoms with E-state index in [0.717, 1.165) is 18.4 Å². The molecule has 2 rings (SSSR count). The van der Waals surface area contributed by atoms with Crippen molar-refractivity contribution in [1.82, 2.24) is 0 Å². The first kappa shape index (κ1) is 15.7.